The maximum atomic E-state index is 4.35. The van der Waals surface area contributed by atoms with Crippen molar-refractivity contribution in [2.45, 2.75) is 6.42 Å². The molecule has 4 nitrogen and oxygen atoms in total. The first kappa shape index (κ1) is 11.0. The van der Waals surface area contributed by atoms with E-state index >= 15 is 0 Å². The Morgan fingerprint density at radius 3 is 1.83 bits per heavy atom. The van der Waals surface area contributed by atoms with Gasteiger partial charge in [-0.3, -0.25) is 0 Å². The second-order valence-corrected chi connectivity index (χ2v) is 4.13. The Labute approximate surface area is 107 Å². The summed E-state index contributed by atoms with van der Waals surface area (Å²) in [6.07, 6.45) is 4.67. The largest absolute Gasteiger partial charge is 0.326 e. The van der Waals surface area contributed by atoms with Gasteiger partial charge in [-0.25, -0.2) is 9.97 Å². The van der Waals surface area contributed by atoms with E-state index in [1.54, 1.807) is 12.4 Å². The zero-order valence-corrected chi connectivity index (χ0v) is 10.0. The quantitative estimate of drug-likeness (QED) is 0.802. The summed E-state index contributed by atoms with van der Waals surface area (Å²) in [5.74, 6) is 1.86. The molecule has 18 heavy (non-hydrogen) atoms. The molecular weight excluding hydrogens is 224 g/mol. The molecule has 1 aliphatic rings. The van der Waals surface area contributed by atoms with E-state index in [-0.39, 0.29) is 0 Å². The minimum absolute atomic E-state index is 0.929. The monoisotopic (exact) mass is 238 g/mol. The molecule has 0 N–H and O–H groups in total. The normalized spacial score (nSPS) is 15.8. The van der Waals surface area contributed by atoms with Crippen LogP contribution < -0.4 is 9.80 Å². The Bertz CT molecular complexity index is 440. The Morgan fingerprint density at radius 2 is 1.39 bits per heavy atom. The van der Waals surface area contributed by atoms with Gasteiger partial charge in [0.05, 0.1) is 0 Å². The van der Waals surface area contributed by atoms with Gasteiger partial charge in [0.1, 0.15) is 11.6 Å². The van der Waals surface area contributed by atoms with Crippen LogP contribution in [0.3, 0.4) is 0 Å². The van der Waals surface area contributed by atoms with Crippen molar-refractivity contribution in [1.29, 1.82) is 0 Å². The average Bonchev–Trinajstić information content (AvgIpc) is 2.49. The summed E-state index contributed by atoms with van der Waals surface area (Å²) in [7, 11) is 0. The van der Waals surface area contributed by atoms with Crippen molar-refractivity contribution in [3.05, 3.63) is 55.5 Å². The predicted octanol–water partition coefficient (Wildman–Crippen LogP) is 2.19. The molecule has 1 fully saturated rings. The molecule has 2 aromatic rings. The molecule has 0 amide bonds. The van der Waals surface area contributed by atoms with E-state index in [4.69, 9.17) is 0 Å². The molecule has 1 aliphatic heterocycles. The highest BCUT2D eigenvalue weighted by Gasteiger charge is 2.21. The summed E-state index contributed by atoms with van der Waals surface area (Å²) in [5, 5.41) is 0. The van der Waals surface area contributed by atoms with E-state index in [1.807, 2.05) is 46.2 Å². The van der Waals surface area contributed by atoms with Crippen LogP contribution in [-0.2, 0) is 0 Å². The van der Waals surface area contributed by atoms with Crippen LogP contribution in [0, 0.1) is 6.67 Å². The second kappa shape index (κ2) is 5.04. The molecular formula is C14H14N4. The third-order valence-electron chi connectivity index (χ3n) is 2.86. The Hall–Kier alpha value is -2.10. The summed E-state index contributed by atoms with van der Waals surface area (Å²) in [6, 6.07) is 11.8. The van der Waals surface area contributed by atoms with Crippen molar-refractivity contribution in [3.63, 3.8) is 0 Å². The van der Waals surface area contributed by atoms with Gasteiger partial charge in [0, 0.05) is 25.5 Å². The van der Waals surface area contributed by atoms with Crippen LogP contribution in [0.1, 0.15) is 6.42 Å². The van der Waals surface area contributed by atoms with Gasteiger partial charge in [0.15, 0.2) is 0 Å². The summed E-state index contributed by atoms with van der Waals surface area (Å²) in [5.41, 5.74) is 0. The highest BCUT2D eigenvalue weighted by atomic mass is 15.4. The standard InChI is InChI=1S/C14H14N4/c1-3-8-15-13(6-1)17-10-5-11-18(12-17)14-7-2-4-9-16-14/h1-4,6-9H,5,10-11H2. The minimum Gasteiger partial charge on any atom is -0.326 e. The fourth-order valence-electron chi connectivity index (χ4n) is 1.99. The maximum Gasteiger partial charge on any atom is 0.211 e. The summed E-state index contributed by atoms with van der Waals surface area (Å²) < 4.78 is 0. The lowest BCUT2D eigenvalue weighted by Crippen LogP contribution is -2.41. The van der Waals surface area contributed by atoms with Gasteiger partial charge in [-0.1, -0.05) is 12.1 Å². The summed E-state index contributed by atoms with van der Waals surface area (Å²) in [4.78, 5) is 12.8. The lowest BCUT2D eigenvalue weighted by molar-refractivity contribution is 0.663. The lowest BCUT2D eigenvalue weighted by Gasteiger charge is -2.34. The van der Waals surface area contributed by atoms with Crippen LogP contribution in [0.2, 0.25) is 0 Å². The third-order valence-corrected chi connectivity index (χ3v) is 2.86. The molecule has 3 rings (SSSR count). The number of rotatable bonds is 2. The smallest absolute Gasteiger partial charge is 0.211 e. The lowest BCUT2D eigenvalue weighted by atomic mass is 10.2. The van der Waals surface area contributed by atoms with Gasteiger partial charge in [0.25, 0.3) is 0 Å². The number of aromatic nitrogens is 2. The zero-order valence-electron chi connectivity index (χ0n) is 10.0. The van der Waals surface area contributed by atoms with Gasteiger partial charge in [-0.2, -0.15) is 0 Å². The van der Waals surface area contributed by atoms with E-state index < -0.39 is 0 Å². The van der Waals surface area contributed by atoms with E-state index in [2.05, 4.69) is 16.6 Å². The first-order valence-electron chi connectivity index (χ1n) is 6.07. The van der Waals surface area contributed by atoms with E-state index in [1.165, 1.54) is 0 Å². The highest BCUT2D eigenvalue weighted by Crippen LogP contribution is 2.21. The molecule has 0 saturated carbocycles. The molecule has 1 saturated heterocycles. The summed E-state index contributed by atoms with van der Waals surface area (Å²) in [6.45, 7) is 5.22. The maximum absolute atomic E-state index is 4.35. The highest BCUT2D eigenvalue weighted by molar-refractivity contribution is 5.49. The molecule has 0 atom stereocenters. The molecule has 0 bridgehead atoms. The number of nitrogens with zero attached hydrogens (tertiary/aromatic N) is 4. The first-order valence-corrected chi connectivity index (χ1v) is 6.07. The Morgan fingerprint density at radius 1 is 0.833 bits per heavy atom. The van der Waals surface area contributed by atoms with E-state index in [9.17, 15) is 0 Å². The minimum atomic E-state index is 0.929. The van der Waals surface area contributed by atoms with Gasteiger partial charge >= 0.3 is 0 Å². The molecule has 90 valence electrons. The molecule has 2 radical (unpaired) electrons. The van der Waals surface area contributed by atoms with Crippen molar-refractivity contribution in [2.24, 2.45) is 0 Å². The number of anilines is 2. The van der Waals surface area contributed by atoms with Crippen molar-refractivity contribution < 1.29 is 0 Å². The van der Waals surface area contributed by atoms with Crippen LogP contribution in [0.4, 0.5) is 11.6 Å². The predicted molar refractivity (Wildman–Crippen MR) is 71.0 cm³/mol. The van der Waals surface area contributed by atoms with Crippen LogP contribution in [-0.4, -0.2) is 23.1 Å². The topological polar surface area (TPSA) is 32.3 Å². The SMILES string of the molecule is [C]1N(c2ccccn2)CCCN1c1ccccn1. The molecule has 0 unspecified atom stereocenters. The molecule has 2 aromatic heterocycles. The molecule has 0 aliphatic carbocycles. The van der Waals surface area contributed by atoms with Gasteiger partial charge in [0.2, 0.25) is 6.67 Å². The van der Waals surface area contributed by atoms with Crippen molar-refractivity contribution in [1.82, 2.24) is 9.97 Å². The van der Waals surface area contributed by atoms with Gasteiger partial charge < -0.3 is 9.80 Å². The Balaban J connectivity index is 1.77. The van der Waals surface area contributed by atoms with Crippen molar-refractivity contribution >= 4 is 11.6 Å². The third kappa shape index (κ3) is 2.27. The van der Waals surface area contributed by atoms with Gasteiger partial charge in [-0.15, -0.1) is 0 Å². The Kier molecular flexibility index (Phi) is 3.08. The number of hydrogen-bond acceptors (Lipinski definition) is 4. The molecule has 0 aromatic carbocycles. The van der Waals surface area contributed by atoms with Crippen molar-refractivity contribution in [2.75, 3.05) is 22.9 Å². The average molecular weight is 238 g/mol. The fourth-order valence-corrected chi connectivity index (χ4v) is 1.99. The first-order chi connectivity index (χ1) is 8.93. The van der Waals surface area contributed by atoms with Crippen LogP contribution in [0.25, 0.3) is 0 Å². The van der Waals surface area contributed by atoms with Crippen LogP contribution in [0.5, 0.6) is 0 Å². The summed E-state index contributed by atoms with van der Waals surface area (Å²) >= 11 is 0. The van der Waals surface area contributed by atoms with Crippen LogP contribution >= 0.6 is 0 Å². The molecule has 0 spiro atoms. The van der Waals surface area contributed by atoms with E-state index in [0.29, 0.717) is 0 Å². The molecule has 4 heteroatoms. The number of hydrogen-bond donors (Lipinski definition) is 0. The fraction of sp³-hybridized carbons (Fsp3) is 0.214. The zero-order chi connectivity index (χ0) is 12.2. The van der Waals surface area contributed by atoms with Crippen LogP contribution in [0.15, 0.2) is 48.8 Å². The van der Waals surface area contributed by atoms with Gasteiger partial charge in [-0.05, 0) is 30.7 Å². The van der Waals surface area contributed by atoms with E-state index in [0.717, 1.165) is 31.1 Å². The second-order valence-electron chi connectivity index (χ2n) is 4.13. The number of pyridine rings is 2. The molecule has 3 heterocycles. The van der Waals surface area contributed by atoms with Crippen molar-refractivity contribution in [3.8, 4) is 0 Å².